The molecule has 0 atom stereocenters. The maximum Gasteiger partial charge on any atom is 0.405 e. The highest BCUT2D eigenvalue weighted by Gasteiger charge is 2.29. The van der Waals surface area contributed by atoms with Crippen molar-refractivity contribution in [3.63, 3.8) is 0 Å². The van der Waals surface area contributed by atoms with Gasteiger partial charge < -0.3 is 10.1 Å². The average Bonchev–Trinajstić information content (AvgIpc) is 3.17. The predicted octanol–water partition coefficient (Wildman–Crippen LogP) is 5.21. The molecule has 1 aromatic heterocycles. The number of hydrogen-bond donors (Lipinski definition) is 1. The molecule has 1 N–H and O–H groups in total. The van der Waals surface area contributed by atoms with E-state index in [1.54, 1.807) is 35.6 Å². The summed E-state index contributed by atoms with van der Waals surface area (Å²) in [4.78, 5) is 29.4. The van der Waals surface area contributed by atoms with Crippen LogP contribution in [-0.2, 0) is 16.0 Å². The molecule has 0 radical (unpaired) electrons. The summed E-state index contributed by atoms with van der Waals surface area (Å²) in [6.45, 7) is -2.31. The lowest BCUT2D eigenvalue weighted by Crippen LogP contribution is -2.36. The Hall–Kier alpha value is -3.39. The standard InChI is InChI=1S/C24H18ClF3N2O3/c25-18-7-3-1-5-14(18)11-15-9-10-17-21(16-6-2-4-8-19(16)30-22(15)17)23(32)33-12-20(31)29-13-24(26,27)28/h1-8,11H,9-10,12-13H2,(H,29,31)/b15-11+. The number of halogens is 4. The van der Waals surface area contributed by atoms with Crippen molar-refractivity contribution in [2.24, 2.45) is 0 Å². The number of amides is 1. The molecule has 0 saturated carbocycles. The lowest BCUT2D eigenvalue weighted by Gasteiger charge is -2.13. The van der Waals surface area contributed by atoms with Crippen molar-refractivity contribution in [2.45, 2.75) is 19.0 Å². The van der Waals surface area contributed by atoms with Gasteiger partial charge in [-0.2, -0.15) is 13.2 Å². The van der Waals surface area contributed by atoms with E-state index in [9.17, 15) is 22.8 Å². The van der Waals surface area contributed by atoms with Gasteiger partial charge in [-0.1, -0.05) is 48.0 Å². The van der Waals surface area contributed by atoms with E-state index in [1.165, 1.54) is 0 Å². The Bertz CT molecular complexity index is 1270. The minimum absolute atomic E-state index is 0.266. The van der Waals surface area contributed by atoms with E-state index in [-0.39, 0.29) is 5.56 Å². The Labute approximate surface area is 192 Å². The summed E-state index contributed by atoms with van der Waals surface area (Å²) >= 11 is 6.28. The summed E-state index contributed by atoms with van der Waals surface area (Å²) in [6, 6.07) is 14.4. The Morgan fingerprint density at radius 1 is 1.09 bits per heavy atom. The monoisotopic (exact) mass is 474 g/mol. The number of hydrogen-bond acceptors (Lipinski definition) is 4. The van der Waals surface area contributed by atoms with Gasteiger partial charge in [0.05, 0.1) is 16.8 Å². The molecular formula is C24H18ClF3N2O3. The van der Waals surface area contributed by atoms with Crippen molar-refractivity contribution in [3.05, 3.63) is 75.9 Å². The third-order valence-corrected chi connectivity index (χ3v) is 5.55. The minimum atomic E-state index is -4.55. The van der Waals surface area contributed by atoms with Crippen LogP contribution in [-0.4, -0.2) is 36.2 Å². The molecule has 3 aromatic rings. The van der Waals surface area contributed by atoms with Crippen molar-refractivity contribution in [1.82, 2.24) is 10.3 Å². The van der Waals surface area contributed by atoms with E-state index >= 15 is 0 Å². The van der Waals surface area contributed by atoms with Crippen LogP contribution >= 0.6 is 11.6 Å². The highest BCUT2D eigenvalue weighted by Crippen LogP contribution is 2.38. The second-order valence-electron chi connectivity index (χ2n) is 7.49. The Morgan fingerprint density at radius 3 is 2.58 bits per heavy atom. The highest BCUT2D eigenvalue weighted by molar-refractivity contribution is 6.32. The fraction of sp³-hybridized carbons (Fsp3) is 0.208. The van der Waals surface area contributed by atoms with Crippen molar-refractivity contribution in [3.8, 4) is 0 Å². The smallest absolute Gasteiger partial charge is 0.405 e. The van der Waals surface area contributed by atoms with E-state index in [2.05, 4.69) is 0 Å². The number of fused-ring (bicyclic) bond motifs is 2. The highest BCUT2D eigenvalue weighted by atomic mass is 35.5. The summed E-state index contributed by atoms with van der Waals surface area (Å²) in [5, 5.41) is 2.82. The van der Waals surface area contributed by atoms with Crippen LogP contribution < -0.4 is 5.32 Å². The summed E-state index contributed by atoms with van der Waals surface area (Å²) in [6.07, 6.45) is -1.48. The fourth-order valence-corrected chi connectivity index (χ4v) is 3.94. The minimum Gasteiger partial charge on any atom is -0.452 e. The van der Waals surface area contributed by atoms with Crippen LogP contribution in [0.4, 0.5) is 13.2 Å². The number of ether oxygens (including phenoxy) is 1. The van der Waals surface area contributed by atoms with Crippen LogP contribution in [0.1, 0.15) is 33.6 Å². The second kappa shape index (κ2) is 9.23. The largest absolute Gasteiger partial charge is 0.452 e. The maximum atomic E-state index is 13.0. The number of esters is 1. The maximum absolute atomic E-state index is 13.0. The summed E-state index contributed by atoms with van der Waals surface area (Å²) in [5.41, 5.74) is 3.87. The van der Waals surface area contributed by atoms with E-state index in [0.29, 0.717) is 40.0 Å². The summed E-state index contributed by atoms with van der Waals surface area (Å²) in [5.74, 6) is -1.82. The number of nitrogens with one attached hydrogen (secondary N) is 1. The van der Waals surface area contributed by atoms with Crippen LogP contribution in [0, 0.1) is 0 Å². The van der Waals surface area contributed by atoms with Crippen molar-refractivity contribution >= 4 is 46.0 Å². The predicted molar refractivity (Wildman–Crippen MR) is 119 cm³/mol. The summed E-state index contributed by atoms with van der Waals surface area (Å²) in [7, 11) is 0. The number of alkyl halides is 3. The quantitative estimate of drug-likeness (QED) is 0.515. The van der Waals surface area contributed by atoms with Gasteiger partial charge in [-0.3, -0.25) is 4.79 Å². The third kappa shape index (κ3) is 5.17. The second-order valence-corrected chi connectivity index (χ2v) is 7.90. The van der Waals surface area contributed by atoms with E-state index in [1.807, 2.05) is 24.3 Å². The molecule has 9 heteroatoms. The number of carbonyl (C=O) groups excluding carboxylic acids is 2. The summed E-state index contributed by atoms with van der Waals surface area (Å²) < 4.78 is 41.9. The van der Waals surface area contributed by atoms with E-state index in [4.69, 9.17) is 21.3 Å². The molecule has 5 nitrogen and oxygen atoms in total. The number of benzene rings is 2. The molecule has 1 amide bonds. The molecule has 0 unspecified atom stereocenters. The van der Waals surface area contributed by atoms with Gasteiger partial charge in [0.15, 0.2) is 6.61 Å². The normalized spacial score (nSPS) is 14.4. The molecule has 1 heterocycles. The van der Waals surface area contributed by atoms with Crippen LogP contribution in [0.5, 0.6) is 0 Å². The molecule has 170 valence electrons. The molecule has 1 aliphatic carbocycles. The molecular weight excluding hydrogens is 457 g/mol. The Balaban J connectivity index is 1.66. The number of carbonyl (C=O) groups is 2. The number of allylic oxidation sites excluding steroid dienone is 1. The van der Waals surface area contributed by atoms with Crippen molar-refractivity contribution in [2.75, 3.05) is 13.2 Å². The first-order valence-corrected chi connectivity index (χ1v) is 10.5. The van der Waals surface area contributed by atoms with Crippen LogP contribution in [0.15, 0.2) is 48.5 Å². The SMILES string of the molecule is O=C(COC(=O)c1c2c(nc3ccccc13)/C(=C/c1ccccc1Cl)CC2)NCC(F)(F)F. The number of para-hydroxylation sites is 1. The Kier molecular flexibility index (Phi) is 6.37. The van der Waals surface area contributed by atoms with Gasteiger partial charge in [-0.15, -0.1) is 0 Å². The molecule has 0 saturated heterocycles. The van der Waals surface area contributed by atoms with Gasteiger partial charge >= 0.3 is 12.1 Å². The van der Waals surface area contributed by atoms with E-state index in [0.717, 1.165) is 11.1 Å². The average molecular weight is 475 g/mol. The number of nitrogens with zero attached hydrogens (tertiary/aromatic N) is 1. The zero-order chi connectivity index (χ0) is 23.6. The molecule has 33 heavy (non-hydrogen) atoms. The fourth-order valence-electron chi connectivity index (χ4n) is 3.75. The van der Waals surface area contributed by atoms with Crippen molar-refractivity contribution < 1.29 is 27.5 Å². The number of rotatable bonds is 5. The zero-order valence-corrected chi connectivity index (χ0v) is 18.0. The first-order chi connectivity index (χ1) is 15.7. The van der Waals surface area contributed by atoms with E-state index < -0.39 is 31.2 Å². The van der Waals surface area contributed by atoms with Crippen LogP contribution in [0.2, 0.25) is 5.02 Å². The molecule has 2 aromatic carbocycles. The van der Waals surface area contributed by atoms with Crippen LogP contribution in [0.3, 0.4) is 0 Å². The Morgan fingerprint density at radius 2 is 1.82 bits per heavy atom. The zero-order valence-electron chi connectivity index (χ0n) is 17.2. The lowest BCUT2D eigenvalue weighted by molar-refractivity contribution is -0.140. The van der Waals surface area contributed by atoms with Crippen LogP contribution in [0.25, 0.3) is 22.6 Å². The van der Waals surface area contributed by atoms with Gasteiger partial charge in [0.1, 0.15) is 6.54 Å². The number of pyridine rings is 1. The molecule has 0 spiro atoms. The number of aromatic nitrogens is 1. The molecule has 0 aliphatic heterocycles. The van der Waals surface area contributed by atoms with Gasteiger partial charge in [0.2, 0.25) is 0 Å². The molecule has 0 fully saturated rings. The molecule has 4 rings (SSSR count). The van der Waals surface area contributed by atoms with Crippen molar-refractivity contribution in [1.29, 1.82) is 0 Å². The first-order valence-electron chi connectivity index (χ1n) is 10.1. The molecule has 1 aliphatic rings. The van der Waals surface area contributed by atoms with Gasteiger partial charge in [-0.05, 0) is 47.8 Å². The van der Waals surface area contributed by atoms with Gasteiger partial charge in [-0.25, -0.2) is 9.78 Å². The third-order valence-electron chi connectivity index (χ3n) is 5.20. The van der Waals surface area contributed by atoms with Gasteiger partial charge in [0.25, 0.3) is 5.91 Å². The molecule has 0 bridgehead atoms. The topological polar surface area (TPSA) is 68.3 Å². The first kappa shape index (κ1) is 22.8. The lowest BCUT2D eigenvalue weighted by atomic mass is 10.0. The van der Waals surface area contributed by atoms with Gasteiger partial charge in [0, 0.05) is 10.4 Å².